The Morgan fingerprint density at radius 1 is 1.64 bits per heavy atom. The Morgan fingerprint density at radius 2 is 2.21 bits per heavy atom. The van der Waals surface area contributed by atoms with Crippen LogP contribution >= 0.6 is 0 Å². The molecular weight excluding hydrogens is 180 g/mol. The first-order valence-electron chi connectivity index (χ1n) is 4.87. The molecule has 1 saturated carbocycles. The summed E-state index contributed by atoms with van der Waals surface area (Å²) in [6.45, 7) is 3.65. The number of carbonyl (C=O) groups is 1. The van der Waals surface area contributed by atoms with Crippen LogP contribution in [-0.4, -0.2) is 23.2 Å². The molecule has 0 saturated heterocycles. The molecule has 0 bridgehead atoms. The van der Waals surface area contributed by atoms with Gasteiger partial charge < -0.3 is 10.4 Å². The second-order valence-electron chi connectivity index (χ2n) is 4.28. The maximum absolute atomic E-state index is 11.6. The van der Waals surface area contributed by atoms with Crippen molar-refractivity contribution in [3.63, 3.8) is 0 Å². The maximum atomic E-state index is 11.6. The van der Waals surface area contributed by atoms with Crippen molar-refractivity contribution < 1.29 is 9.90 Å². The number of nitrogens with one attached hydrogen (secondary N) is 1. The lowest BCUT2D eigenvalue weighted by Crippen LogP contribution is -2.43. The van der Waals surface area contributed by atoms with Gasteiger partial charge in [-0.3, -0.25) is 4.79 Å². The van der Waals surface area contributed by atoms with Crippen LogP contribution in [0.3, 0.4) is 0 Å². The van der Waals surface area contributed by atoms with Gasteiger partial charge in [0.1, 0.15) is 5.92 Å². The summed E-state index contributed by atoms with van der Waals surface area (Å²) in [6.07, 6.45) is 1.62. The van der Waals surface area contributed by atoms with Gasteiger partial charge in [0, 0.05) is 0 Å². The second kappa shape index (κ2) is 3.97. The Kier molecular flexibility index (Phi) is 3.12. The molecule has 1 rings (SSSR count). The number of hydrogen-bond donors (Lipinski definition) is 2. The Morgan fingerprint density at radius 3 is 2.50 bits per heavy atom. The van der Waals surface area contributed by atoms with Gasteiger partial charge in [-0.2, -0.15) is 5.26 Å². The minimum Gasteiger partial charge on any atom is -0.394 e. The zero-order valence-corrected chi connectivity index (χ0v) is 8.58. The molecule has 1 atom stereocenters. The van der Waals surface area contributed by atoms with Crippen molar-refractivity contribution >= 4 is 5.91 Å². The van der Waals surface area contributed by atoms with Gasteiger partial charge >= 0.3 is 0 Å². The van der Waals surface area contributed by atoms with Gasteiger partial charge in [-0.15, -0.1) is 0 Å². The van der Waals surface area contributed by atoms with E-state index in [1.54, 1.807) is 0 Å². The number of nitriles is 1. The van der Waals surface area contributed by atoms with Gasteiger partial charge in [-0.25, -0.2) is 0 Å². The van der Waals surface area contributed by atoms with Crippen LogP contribution in [-0.2, 0) is 4.79 Å². The van der Waals surface area contributed by atoms with E-state index in [0.717, 1.165) is 12.8 Å². The van der Waals surface area contributed by atoms with Crippen LogP contribution in [0.4, 0.5) is 0 Å². The molecule has 78 valence electrons. The summed E-state index contributed by atoms with van der Waals surface area (Å²) in [5, 5.41) is 20.5. The lowest BCUT2D eigenvalue weighted by molar-refractivity contribution is -0.125. The molecular formula is C10H16N2O2. The fourth-order valence-electron chi connectivity index (χ4n) is 1.32. The molecule has 0 spiro atoms. The summed E-state index contributed by atoms with van der Waals surface area (Å²) in [7, 11) is 0. The molecule has 0 heterocycles. The minimum atomic E-state index is -0.612. The van der Waals surface area contributed by atoms with E-state index in [1.165, 1.54) is 0 Å². The first-order chi connectivity index (χ1) is 6.54. The van der Waals surface area contributed by atoms with Crippen molar-refractivity contribution in [2.24, 2.45) is 11.8 Å². The van der Waals surface area contributed by atoms with Crippen molar-refractivity contribution in [2.45, 2.75) is 32.2 Å². The minimum absolute atomic E-state index is 0.00879. The SMILES string of the molecule is CC(C)C(C#N)C(=O)NC1(CO)CC1. The molecule has 1 aliphatic rings. The largest absolute Gasteiger partial charge is 0.394 e. The molecule has 1 unspecified atom stereocenters. The lowest BCUT2D eigenvalue weighted by Gasteiger charge is -2.18. The molecule has 0 aromatic heterocycles. The highest BCUT2D eigenvalue weighted by atomic mass is 16.3. The highest BCUT2D eigenvalue weighted by Crippen LogP contribution is 2.35. The van der Waals surface area contributed by atoms with Gasteiger partial charge in [-0.05, 0) is 18.8 Å². The lowest BCUT2D eigenvalue weighted by atomic mass is 9.96. The van der Waals surface area contributed by atoms with E-state index < -0.39 is 11.5 Å². The summed E-state index contributed by atoms with van der Waals surface area (Å²) >= 11 is 0. The van der Waals surface area contributed by atoms with Gasteiger partial charge in [0.2, 0.25) is 5.91 Å². The molecule has 0 radical (unpaired) electrons. The number of aliphatic hydroxyl groups excluding tert-OH is 1. The third kappa shape index (κ3) is 2.24. The van der Waals surface area contributed by atoms with Crippen LogP contribution in [0.25, 0.3) is 0 Å². The first-order valence-corrected chi connectivity index (χ1v) is 4.87. The molecule has 0 aromatic rings. The van der Waals surface area contributed by atoms with E-state index in [0.29, 0.717) is 0 Å². The third-order valence-corrected chi connectivity index (χ3v) is 2.63. The van der Waals surface area contributed by atoms with Crippen LogP contribution in [0.15, 0.2) is 0 Å². The first kappa shape index (κ1) is 11.0. The standard InChI is InChI=1S/C10H16N2O2/c1-7(2)8(5-11)9(14)12-10(6-13)3-4-10/h7-8,13H,3-4,6H2,1-2H3,(H,12,14). The molecule has 4 heteroatoms. The van der Waals surface area contributed by atoms with Crippen molar-refractivity contribution in [2.75, 3.05) is 6.61 Å². The van der Waals surface area contributed by atoms with E-state index in [2.05, 4.69) is 5.32 Å². The Balaban J connectivity index is 2.53. The van der Waals surface area contributed by atoms with Gasteiger partial charge in [0.15, 0.2) is 0 Å². The number of carbonyl (C=O) groups excluding carboxylic acids is 1. The highest BCUT2D eigenvalue weighted by molar-refractivity contribution is 5.82. The molecule has 0 aliphatic heterocycles. The zero-order chi connectivity index (χ0) is 10.8. The highest BCUT2D eigenvalue weighted by Gasteiger charge is 2.44. The van der Waals surface area contributed by atoms with Crippen LogP contribution in [0, 0.1) is 23.2 Å². The average Bonchev–Trinajstić information content (AvgIpc) is 2.86. The van der Waals surface area contributed by atoms with Gasteiger partial charge in [0.05, 0.1) is 18.2 Å². The van der Waals surface area contributed by atoms with Crippen molar-refractivity contribution in [1.29, 1.82) is 5.26 Å². The fraction of sp³-hybridized carbons (Fsp3) is 0.800. The predicted octanol–water partition coefficient (Wildman–Crippen LogP) is 0.423. The number of rotatable bonds is 4. The topological polar surface area (TPSA) is 73.1 Å². The second-order valence-corrected chi connectivity index (χ2v) is 4.28. The Bertz CT molecular complexity index is 264. The fourth-order valence-corrected chi connectivity index (χ4v) is 1.32. The van der Waals surface area contributed by atoms with E-state index in [4.69, 9.17) is 10.4 Å². The molecule has 1 aliphatic carbocycles. The van der Waals surface area contributed by atoms with Crippen molar-refractivity contribution in [1.82, 2.24) is 5.32 Å². The monoisotopic (exact) mass is 196 g/mol. The Hall–Kier alpha value is -1.08. The number of hydrogen-bond acceptors (Lipinski definition) is 3. The van der Waals surface area contributed by atoms with E-state index in [-0.39, 0.29) is 18.4 Å². The average molecular weight is 196 g/mol. The summed E-state index contributed by atoms with van der Waals surface area (Å²) in [5.74, 6) is -0.859. The van der Waals surface area contributed by atoms with Crippen LogP contribution in [0.5, 0.6) is 0 Å². The molecule has 4 nitrogen and oxygen atoms in total. The summed E-state index contributed by atoms with van der Waals surface area (Å²) in [6, 6.07) is 1.98. The number of aliphatic hydroxyl groups is 1. The third-order valence-electron chi connectivity index (χ3n) is 2.63. The number of amides is 1. The van der Waals surface area contributed by atoms with Gasteiger partial charge in [-0.1, -0.05) is 13.8 Å². The Labute approximate surface area is 83.9 Å². The van der Waals surface area contributed by atoms with E-state index in [1.807, 2.05) is 19.9 Å². The molecule has 14 heavy (non-hydrogen) atoms. The summed E-state index contributed by atoms with van der Waals surface area (Å²) in [5.41, 5.74) is -0.416. The summed E-state index contributed by atoms with van der Waals surface area (Å²) in [4.78, 5) is 11.6. The quantitative estimate of drug-likeness (QED) is 0.684. The molecule has 2 N–H and O–H groups in total. The zero-order valence-electron chi connectivity index (χ0n) is 8.58. The van der Waals surface area contributed by atoms with E-state index in [9.17, 15) is 4.79 Å². The molecule has 0 aromatic carbocycles. The van der Waals surface area contributed by atoms with Crippen molar-refractivity contribution in [3.05, 3.63) is 0 Å². The number of nitrogens with zero attached hydrogens (tertiary/aromatic N) is 1. The maximum Gasteiger partial charge on any atom is 0.238 e. The summed E-state index contributed by atoms with van der Waals surface area (Å²) < 4.78 is 0. The molecule has 1 amide bonds. The molecule has 1 fully saturated rings. The normalized spacial score (nSPS) is 19.9. The van der Waals surface area contributed by atoms with Crippen LogP contribution in [0.1, 0.15) is 26.7 Å². The van der Waals surface area contributed by atoms with Crippen LogP contribution < -0.4 is 5.32 Å². The van der Waals surface area contributed by atoms with Crippen LogP contribution in [0.2, 0.25) is 0 Å². The predicted molar refractivity (Wildman–Crippen MR) is 51.1 cm³/mol. The van der Waals surface area contributed by atoms with Gasteiger partial charge in [0.25, 0.3) is 0 Å². The van der Waals surface area contributed by atoms with Crippen molar-refractivity contribution in [3.8, 4) is 6.07 Å². The smallest absolute Gasteiger partial charge is 0.238 e. The van der Waals surface area contributed by atoms with E-state index >= 15 is 0 Å².